The van der Waals surface area contributed by atoms with Crippen LogP contribution in [0.2, 0.25) is 22.2 Å². The van der Waals surface area contributed by atoms with Crippen LogP contribution >= 0.6 is 0 Å². The van der Waals surface area contributed by atoms with E-state index >= 15 is 0 Å². The molecule has 0 amide bonds. The number of anilines is 1. The third-order valence-corrected chi connectivity index (χ3v) is 19.9. The van der Waals surface area contributed by atoms with Crippen molar-refractivity contribution in [1.29, 1.82) is 0 Å². The van der Waals surface area contributed by atoms with Gasteiger partial charge in [-0.3, -0.25) is 9.29 Å². The van der Waals surface area contributed by atoms with E-state index in [0.717, 1.165) is 5.56 Å². The van der Waals surface area contributed by atoms with Gasteiger partial charge in [-0.25, -0.2) is 13.2 Å². The number of aromatic nitrogens is 2. The Bertz CT molecular complexity index is 1360. The highest BCUT2D eigenvalue weighted by Crippen LogP contribution is 2.48. The van der Waals surface area contributed by atoms with Crippen molar-refractivity contribution in [2.24, 2.45) is 0 Å². The smallest absolute Gasteiger partial charge is 0.351 e. The van der Waals surface area contributed by atoms with Crippen LogP contribution in [0.3, 0.4) is 0 Å². The van der Waals surface area contributed by atoms with Gasteiger partial charge in [0.15, 0.2) is 0 Å². The summed E-state index contributed by atoms with van der Waals surface area (Å²) in [5.41, 5.74) is 1.11. The van der Waals surface area contributed by atoms with Gasteiger partial charge in [0.25, 0.3) is 10.0 Å². The third-order valence-electron chi connectivity index (χ3n) is 8.24. The first kappa shape index (κ1) is 32.0. The summed E-state index contributed by atoms with van der Waals surface area (Å²) >= 11 is 0. The van der Waals surface area contributed by atoms with Gasteiger partial charge in [0.2, 0.25) is 0 Å². The van der Waals surface area contributed by atoms with E-state index in [4.69, 9.17) is 17.7 Å². The highest BCUT2D eigenvalue weighted by molar-refractivity contribution is 7.92. The first-order valence-corrected chi connectivity index (χ1v) is 19.9. The van der Waals surface area contributed by atoms with Crippen molar-refractivity contribution in [3.8, 4) is 0 Å². The van der Waals surface area contributed by atoms with E-state index in [-0.39, 0.29) is 45.1 Å². The Balaban J connectivity index is 1.61. The minimum absolute atomic E-state index is 0.0560. The topological polar surface area (TPSA) is 118 Å². The molecule has 0 aliphatic carbocycles. The number of rotatable bonds is 8. The maximum absolute atomic E-state index is 13.1. The van der Waals surface area contributed by atoms with Crippen molar-refractivity contribution in [2.75, 3.05) is 11.3 Å². The standard InChI is InChI=1S/C28H45N3O7SSi2/c1-18(2)40(19(3)4)35-17-25-24(37-41(38-40,20(5)6)21(7)8)16-27(36-25)31-15-14-26(29-28(31)32)30-39(33,34)23-12-10-22(9)11-13-23/h10-15,18-21,24-25,27H,16-17H2,1-9H3,(H,29,30,32)/t24-,25+,27+/m0/s1. The summed E-state index contributed by atoms with van der Waals surface area (Å²) in [6, 6.07) is 7.91. The molecule has 0 radical (unpaired) electrons. The van der Waals surface area contributed by atoms with E-state index in [2.05, 4.69) is 65.1 Å². The van der Waals surface area contributed by atoms with Crippen molar-refractivity contribution < 1.29 is 26.1 Å². The molecule has 1 aromatic carbocycles. The van der Waals surface area contributed by atoms with Crippen molar-refractivity contribution in [3.63, 3.8) is 0 Å². The predicted octanol–water partition coefficient (Wildman–Crippen LogP) is 5.60. The fraction of sp³-hybridized carbons (Fsp3) is 0.643. The fourth-order valence-electron chi connectivity index (χ4n) is 5.91. The SMILES string of the molecule is Cc1ccc(S(=O)(=O)Nc2ccn([C@H]3C[C@@H]4O[Si](C(C)C)(C(C)C)O[Si](C(C)C)(C(C)C)OC[C@H]4O3)c(=O)n2)cc1. The van der Waals surface area contributed by atoms with E-state index in [1.807, 2.05) is 6.92 Å². The lowest BCUT2D eigenvalue weighted by Gasteiger charge is -2.51. The summed E-state index contributed by atoms with van der Waals surface area (Å²) in [6.45, 7) is 19.5. The van der Waals surface area contributed by atoms with Gasteiger partial charge >= 0.3 is 22.8 Å². The van der Waals surface area contributed by atoms with Crippen molar-refractivity contribution in [2.45, 2.75) is 114 Å². The van der Waals surface area contributed by atoms with Crippen LogP contribution in [0.5, 0.6) is 0 Å². The van der Waals surface area contributed by atoms with Crippen LogP contribution in [-0.2, 0) is 27.7 Å². The van der Waals surface area contributed by atoms with Crippen LogP contribution < -0.4 is 10.4 Å². The second-order valence-corrected chi connectivity index (χ2v) is 22.9. The normalized spacial score (nSPS) is 24.5. The molecule has 0 unspecified atom stereocenters. The van der Waals surface area contributed by atoms with Gasteiger partial charge < -0.3 is 17.7 Å². The molecule has 1 aromatic heterocycles. The Morgan fingerprint density at radius 2 is 1.49 bits per heavy atom. The maximum Gasteiger partial charge on any atom is 0.351 e. The van der Waals surface area contributed by atoms with Crippen molar-refractivity contribution in [3.05, 3.63) is 52.6 Å². The molecule has 0 spiro atoms. The third kappa shape index (κ3) is 6.26. The minimum atomic E-state index is -3.89. The molecule has 3 heterocycles. The van der Waals surface area contributed by atoms with Crippen LogP contribution in [0.25, 0.3) is 0 Å². The molecule has 0 bridgehead atoms. The number of hydrogen-bond donors (Lipinski definition) is 1. The average molecular weight is 624 g/mol. The molecular formula is C28H45N3O7SSi2. The molecule has 2 aliphatic heterocycles. The maximum atomic E-state index is 13.1. The summed E-state index contributed by atoms with van der Waals surface area (Å²) < 4.78 is 56.8. The van der Waals surface area contributed by atoms with Crippen LogP contribution in [0, 0.1) is 6.92 Å². The van der Waals surface area contributed by atoms with E-state index in [1.165, 1.54) is 29.0 Å². The zero-order valence-corrected chi connectivity index (χ0v) is 28.4. The molecule has 2 aliphatic rings. The molecule has 2 fully saturated rings. The predicted molar refractivity (Wildman–Crippen MR) is 163 cm³/mol. The molecular weight excluding hydrogens is 579 g/mol. The summed E-state index contributed by atoms with van der Waals surface area (Å²) in [4.78, 5) is 17.2. The zero-order valence-electron chi connectivity index (χ0n) is 25.6. The molecule has 2 saturated heterocycles. The molecule has 41 heavy (non-hydrogen) atoms. The first-order chi connectivity index (χ1) is 19.1. The minimum Gasteiger partial charge on any atom is -0.414 e. The summed E-state index contributed by atoms with van der Waals surface area (Å²) in [6.07, 6.45) is 0.633. The Morgan fingerprint density at radius 1 is 0.902 bits per heavy atom. The van der Waals surface area contributed by atoms with Crippen LogP contribution in [-0.4, -0.2) is 53.9 Å². The highest BCUT2D eigenvalue weighted by Gasteiger charge is 2.60. The molecule has 13 heteroatoms. The van der Waals surface area contributed by atoms with Crippen molar-refractivity contribution in [1.82, 2.24) is 9.55 Å². The molecule has 10 nitrogen and oxygen atoms in total. The Hall–Kier alpha value is -1.88. The number of hydrogen-bond acceptors (Lipinski definition) is 8. The quantitative estimate of drug-likeness (QED) is 0.378. The number of fused-ring (bicyclic) bond motifs is 1. The largest absolute Gasteiger partial charge is 0.414 e. The Kier molecular flexibility index (Phi) is 9.39. The first-order valence-electron chi connectivity index (χ1n) is 14.5. The van der Waals surface area contributed by atoms with Gasteiger partial charge in [0.1, 0.15) is 18.1 Å². The van der Waals surface area contributed by atoms with Crippen LogP contribution in [0.15, 0.2) is 46.2 Å². The molecule has 2 aromatic rings. The van der Waals surface area contributed by atoms with Gasteiger partial charge in [-0.15, -0.1) is 0 Å². The number of sulfonamides is 1. The summed E-state index contributed by atoms with van der Waals surface area (Å²) in [5.74, 6) is -0.0560. The number of nitrogens with one attached hydrogen (secondary N) is 1. The molecule has 3 atom stereocenters. The van der Waals surface area contributed by atoms with Crippen LogP contribution in [0.1, 0.15) is 73.6 Å². The van der Waals surface area contributed by atoms with E-state index in [1.54, 1.807) is 12.1 Å². The molecule has 0 saturated carbocycles. The molecule has 228 valence electrons. The van der Waals surface area contributed by atoms with Gasteiger partial charge in [-0.05, 0) is 47.3 Å². The molecule has 4 rings (SSSR count). The van der Waals surface area contributed by atoms with E-state index in [9.17, 15) is 13.2 Å². The number of aryl methyl sites for hydroxylation is 1. The zero-order chi connectivity index (χ0) is 30.3. The van der Waals surface area contributed by atoms with E-state index in [0.29, 0.717) is 13.0 Å². The second-order valence-electron chi connectivity index (χ2n) is 12.4. The lowest BCUT2D eigenvalue weighted by atomic mass is 10.2. The van der Waals surface area contributed by atoms with Gasteiger partial charge in [-0.1, -0.05) is 73.1 Å². The van der Waals surface area contributed by atoms with Crippen LogP contribution in [0.4, 0.5) is 5.82 Å². The average Bonchev–Trinajstić information content (AvgIpc) is 3.25. The van der Waals surface area contributed by atoms with Gasteiger partial charge in [-0.2, -0.15) is 4.98 Å². The Labute approximate surface area is 246 Å². The second kappa shape index (κ2) is 12.0. The summed E-state index contributed by atoms with van der Waals surface area (Å²) in [5, 5.41) is 0. The van der Waals surface area contributed by atoms with Gasteiger partial charge in [0, 0.05) is 12.6 Å². The van der Waals surface area contributed by atoms with E-state index < -0.39 is 39.1 Å². The number of ether oxygens (including phenoxy) is 1. The van der Waals surface area contributed by atoms with Crippen molar-refractivity contribution >= 4 is 33.0 Å². The summed E-state index contributed by atoms with van der Waals surface area (Å²) in [7, 11) is -9.40. The molecule has 1 N–H and O–H groups in total. The number of nitrogens with zero attached hydrogens (tertiary/aromatic N) is 2. The van der Waals surface area contributed by atoms with Gasteiger partial charge in [0.05, 0.1) is 17.6 Å². The fourth-order valence-corrected chi connectivity index (χ4v) is 18.1. The monoisotopic (exact) mass is 623 g/mol. The number of benzene rings is 1. The lowest BCUT2D eigenvalue weighted by molar-refractivity contribution is -0.0565. The Morgan fingerprint density at radius 3 is 2.02 bits per heavy atom. The highest BCUT2D eigenvalue weighted by atomic mass is 32.2. The lowest BCUT2D eigenvalue weighted by Crippen LogP contribution is -2.65.